The first-order chi connectivity index (χ1) is 8.18. The summed E-state index contributed by atoms with van der Waals surface area (Å²) in [6, 6.07) is 2.69. The van der Waals surface area contributed by atoms with Crippen LogP contribution in [0.2, 0.25) is 0 Å². The molecule has 0 radical (unpaired) electrons. The Morgan fingerprint density at radius 1 is 1.41 bits per heavy atom. The molecule has 2 N–H and O–H groups in total. The van der Waals surface area contributed by atoms with E-state index in [0.717, 1.165) is 6.42 Å². The summed E-state index contributed by atoms with van der Waals surface area (Å²) in [5.41, 5.74) is 0.839. The Balaban J connectivity index is 2.36. The van der Waals surface area contributed by atoms with E-state index < -0.39 is 11.6 Å². The van der Waals surface area contributed by atoms with E-state index in [2.05, 4.69) is 5.32 Å². The molecular formula is C12H10FNO3. The van der Waals surface area contributed by atoms with Crippen LogP contribution in [0, 0.1) is 5.82 Å². The maximum absolute atomic E-state index is 13.8. The number of halogens is 1. The number of furan rings is 1. The number of benzene rings is 1. The first-order valence-electron chi connectivity index (χ1n) is 5.39. The molecule has 0 unspecified atom stereocenters. The standard InChI is InChI=1S/C12H10FNO3/c13-10-7(15)3-4-8-9(10)6-2-1-5-14-12(16)11(6)17-8/h3-4,15H,1-2,5H2,(H,14,16). The van der Waals surface area contributed by atoms with Crippen molar-refractivity contribution in [2.75, 3.05) is 6.54 Å². The van der Waals surface area contributed by atoms with Crippen molar-refractivity contribution in [1.82, 2.24) is 5.32 Å². The van der Waals surface area contributed by atoms with Crippen LogP contribution in [0.4, 0.5) is 4.39 Å². The number of hydrogen-bond acceptors (Lipinski definition) is 3. The number of phenols is 1. The van der Waals surface area contributed by atoms with Crippen molar-refractivity contribution in [3.8, 4) is 5.75 Å². The molecule has 0 fully saturated rings. The Kier molecular flexibility index (Phi) is 2.07. The van der Waals surface area contributed by atoms with Gasteiger partial charge in [0, 0.05) is 12.1 Å². The predicted molar refractivity (Wildman–Crippen MR) is 58.5 cm³/mol. The fourth-order valence-corrected chi connectivity index (χ4v) is 2.17. The molecule has 1 aromatic carbocycles. The van der Waals surface area contributed by atoms with Gasteiger partial charge in [-0.15, -0.1) is 0 Å². The molecule has 1 aromatic heterocycles. The third-order valence-corrected chi connectivity index (χ3v) is 2.97. The van der Waals surface area contributed by atoms with Gasteiger partial charge < -0.3 is 14.8 Å². The largest absolute Gasteiger partial charge is 0.505 e. The summed E-state index contributed by atoms with van der Waals surface area (Å²) in [7, 11) is 0. The summed E-state index contributed by atoms with van der Waals surface area (Å²) in [6.07, 6.45) is 1.28. The molecule has 88 valence electrons. The van der Waals surface area contributed by atoms with Crippen molar-refractivity contribution in [2.45, 2.75) is 12.8 Å². The summed E-state index contributed by atoms with van der Waals surface area (Å²) in [5.74, 6) is -1.32. The van der Waals surface area contributed by atoms with Crippen LogP contribution in [0.15, 0.2) is 16.5 Å². The lowest BCUT2D eigenvalue weighted by molar-refractivity contribution is 0.0931. The number of rotatable bonds is 0. The Hall–Kier alpha value is -2.04. The summed E-state index contributed by atoms with van der Waals surface area (Å²) in [5, 5.41) is 12.3. The highest BCUT2D eigenvalue weighted by Crippen LogP contribution is 2.33. The minimum Gasteiger partial charge on any atom is -0.505 e. The molecular weight excluding hydrogens is 225 g/mol. The topological polar surface area (TPSA) is 62.5 Å². The van der Waals surface area contributed by atoms with Crippen molar-refractivity contribution >= 4 is 16.9 Å². The van der Waals surface area contributed by atoms with Crippen molar-refractivity contribution < 1.29 is 18.7 Å². The Morgan fingerprint density at radius 2 is 2.24 bits per heavy atom. The zero-order valence-corrected chi connectivity index (χ0v) is 8.92. The molecule has 2 aromatic rings. The molecule has 1 aliphatic heterocycles. The molecule has 0 saturated carbocycles. The van der Waals surface area contributed by atoms with E-state index in [1.165, 1.54) is 12.1 Å². The SMILES string of the molecule is O=C1NCCCc2c1oc1ccc(O)c(F)c21. The van der Waals surface area contributed by atoms with Crippen molar-refractivity contribution in [3.63, 3.8) is 0 Å². The molecule has 3 rings (SSSR count). The van der Waals surface area contributed by atoms with E-state index in [4.69, 9.17) is 4.42 Å². The first-order valence-corrected chi connectivity index (χ1v) is 5.39. The van der Waals surface area contributed by atoms with Gasteiger partial charge in [0.1, 0.15) is 5.58 Å². The molecule has 2 heterocycles. The van der Waals surface area contributed by atoms with Crippen LogP contribution in [-0.2, 0) is 6.42 Å². The van der Waals surface area contributed by atoms with E-state index in [9.17, 15) is 14.3 Å². The van der Waals surface area contributed by atoms with Crippen LogP contribution >= 0.6 is 0 Å². The lowest BCUT2D eigenvalue weighted by Crippen LogP contribution is -2.22. The molecule has 17 heavy (non-hydrogen) atoms. The summed E-state index contributed by atoms with van der Waals surface area (Å²) in [6.45, 7) is 0.547. The molecule has 0 spiro atoms. The maximum Gasteiger partial charge on any atom is 0.287 e. The highest BCUT2D eigenvalue weighted by molar-refractivity contribution is 5.99. The van der Waals surface area contributed by atoms with Gasteiger partial charge in [0.2, 0.25) is 0 Å². The predicted octanol–water partition coefficient (Wildman–Crippen LogP) is 1.95. The first kappa shape index (κ1) is 10.1. The Morgan fingerprint density at radius 3 is 3.06 bits per heavy atom. The van der Waals surface area contributed by atoms with Crippen LogP contribution in [0.1, 0.15) is 22.5 Å². The average molecular weight is 235 g/mol. The van der Waals surface area contributed by atoms with Crippen LogP contribution in [-0.4, -0.2) is 17.6 Å². The lowest BCUT2D eigenvalue weighted by Gasteiger charge is -1.98. The zero-order valence-electron chi connectivity index (χ0n) is 8.92. The number of phenolic OH excluding ortho intramolecular Hbond substituents is 1. The number of carbonyl (C=O) groups is 1. The molecule has 0 atom stereocenters. The van der Waals surface area contributed by atoms with Crippen molar-refractivity contribution in [2.24, 2.45) is 0 Å². The highest BCUT2D eigenvalue weighted by Gasteiger charge is 2.25. The number of fused-ring (bicyclic) bond motifs is 3. The number of amides is 1. The minimum atomic E-state index is -0.720. The number of aryl methyl sites for hydroxylation is 1. The quantitative estimate of drug-likeness (QED) is 0.733. The van der Waals surface area contributed by atoms with E-state index >= 15 is 0 Å². The van der Waals surface area contributed by atoms with E-state index in [-0.39, 0.29) is 17.1 Å². The van der Waals surface area contributed by atoms with Crippen LogP contribution in [0.5, 0.6) is 5.75 Å². The van der Waals surface area contributed by atoms with Gasteiger partial charge in [-0.25, -0.2) is 4.39 Å². The van der Waals surface area contributed by atoms with Gasteiger partial charge in [0.25, 0.3) is 5.91 Å². The molecule has 1 aliphatic rings. The van der Waals surface area contributed by atoms with Crippen LogP contribution < -0.4 is 5.32 Å². The molecule has 0 aliphatic carbocycles. The molecule has 0 saturated heterocycles. The van der Waals surface area contributed by atoms with Crippen LogP contribution in [0.3, 0.4) is 0 Å². The van der Waals surface area contributed by atoms with Crippen LogP contribution in [0.25, 0.3) is 11.0 Å². The van der Waals surface area contributed by atoms with Gasteiger partial charge in [-0.2, -0.15) is 0 Å². The summed E-state index contributed by atoms with van der Waals surface area (Å²) in [4.78, 5) is 11.7. The number of nitrogens with one attached hydrogen (secondary N) is 1. The van der Waals surface area contributed by atoms with E-state index in [1.807, 2.05) is 0 Å². The van der Waals surface area contributed by atoms with Gasteiger partial charge in [0.05, 0.1) is 5.39 Å². The fraction of sp³-hybridized carbons (Fsp3) is 0.250. The maximum atomic E-state index is 13.8. The van der Waals surface area contributed by atoms with E-state index in [0.29, 0.717) is 24.1 Å². The normalized spacial score (nSPS) is 15.5. The fourth-order valence-electron chi connectivity index (χ4n) is 2.17. The highest BCUT2D eigenvalue weighted by atomic mass is 19.1. The smallest absolute Gasteiger partial charge is 0.287 e. The average Bonchev–Trinajstić information content (AvgIpc) is 2.60. The third-order valence-electron chi connectivity index (χ3n) is 2.97. The van der Waals surface area contributed by atoms with Crippen molar-refractivity contribution in [1.29, 1.82) is 0 Å². The number of aromatic hydroxyl groups is 1. The number of hydrogen-bond donors (Lipinski definition) is 2. The molecule has 0 bridgehead atoms. The molecule has 5 heteroatoms. The second-order valence-corrected chi connectivity index (χ2v) is 4.04. The van der Waals surface area contributed by atoms with Gasteiger partial charge in [0.15, 0.2) is 17.3 Å². The van der Waals surface area contributed by atoms with Gasteiger partial charge in [-0.3, -0.25) is 4.79 Å². The number of carbonyl (C=O) groups excluding carboxylic acids is 1. The summed E-state index contributed by atoms with van der Waals surface area (Å²) >= 11 is 0. The van der Waals surface area contributed by atoms with Gasteiger partial charge in [-0.1, -0.05) is 0 Å². The molecule has 1 amide bonds. The second-order valence-electron chi connectivity index (χ2n) is 4.04. The Bertz CT molecular complexity index is 618. The lowest BCUT2D eigenvalue weighted by atomic mass is 10.1. The third kappa shape index (κ3) is 1.39. The second kappa shape index (κ2) is 3.48. The van der Waals surface area contributed by atoms with Gasteiger partial charge in [-0.05, 0) is 25.0 Å². The van der Waals surface area contributed by atoms with Gasteiger partial charge >= 0.3 is 0 Å². The zero-order chi connectivity index (χ0) is 12.0. The van der Waals surface area contributed by atoms with Crippen molar-refractivity contribution in [3.05, 3.63) is 29.3 Å². The Labute approximate surface area is 96.0 Å². The minimum absolute atomic E-state index is 0.155. The monoisotopic (exact) mass is 235 g/mol. The van der Waals surface area contributed by atoms with E-state index in [1.54, 1.807) is 0 Å². The summed E-state index contributed by atoms with van der Waals surface area (Å²) < 4.78 is 19.2. The molecule has 4 nitrogen and oxygen atoms in total.